The fourth-order valence-electron chi connectivity index (χ4n) is 2.56. The Bertz CT molecular complexity index is 922. The molecule has 136 valence electrons. The van der Waals surface area contributed by atoms with E-state index in [4.69, 9.17) is 4.74 Å². The van der Waals surface area contributed by atoms with E-state index in [-0.39, 0.29) is 11.9 Å². The van der Waals surface area contributed by atoms with Crippen molar-refractivity contribution < 1.29 is 14.3 Å². The maximum absolute atomic E-state index is 12.2. The molecule has 3 rings (SSSR count). The molecule has 0 heterocycles. The summed E-state index contributed by atoms with van der Waals surface area (Å²) in [5, 5.41) is 6.07. The third kappa shape index (κ3) is 4.73. The number of esters is 1. The van der Waals surface area contributed by atoms with Gasteiger partial charge in [0, 0.05) is 16.9 Å². The summed E-state index contributed by atoms with van der Waals surface area (Å²) in [6.07, 6.45) is 0. The molecule has 0 atom stereocenters. The Kier molecular flexibility index (Phi) is 5.84. The van der Waals surface area contributed by atoms with Crippen molar-refractivity contribution in [3.63, 3.8) is 0 Å². The lowest BCUT2D eigenvalue weighted by atomic mass is 10.1. The molecule has 0 unspecified atom stereocenters. The fraction of sp³-hybridized carbons (Fsp3) is 0.0909. The summed E-state index contributed by atoms with van der Waals surface area (Å²) >= 11 is 0. The molecule has 27 heavy (non-hydrogen) atoms. The average Bonchev–Trinajstić information content (AvgIpc) is 2.70. The quantitative estimate of drug-likeness (QED) is 0.616. The van der Waals surface area contributed by atoms with Gasteiger partial charge in [-0.2, -0.15) is 0 Å². The van der Waals surface area contributed by atoms with E-state index in [1.807, 2.05) is 42.5 Å². The molecule has 1 amide bonds. The topological polar surface area (TPSA) is 67.4 Å². The first-order chi connectivity index (χ1) is 13.2. The Morgan fingerprint density at radius 1 is 0.815 bits per heavy atom. The maximum Gasteiger partial charge on any atom is 0.340 e. The molecule has 0 bridgehead atoms. The van der Waals surface area contributed by atoms with Gasteiger partial charge in [0.2, 0.25) is 0 Å². The van der Waals surface area contributed by atoms with Gasteiger partial charge in [-0.25, -0.2) is 4.79 Å². The average molecular weight is 360 g/mol. The third-order valence-electron chi connectivity index (χ3n) is 3.88. The molecule has 0 aliphatic heterocycles. The van der Waals surface area contributed by atoms with Gasteiger partial charge in [-0.15, -0.1) is 0 Å². The highest BCUT2D eigenvalue weighted by atomic mass is 16.5. The van der Waals surface area contributed by atoms with Crippen molar-refractivity contribution in [3.05, 3.63) is 90.0 Å². The van der Waals surface area contributed by atoms with Crippen molar-refractivity contribution in [3.8, 4) is 0 Å². The molecule has 0 spiro atoms. The lowest BCUT2D eigenvalue weighted by molar-refractivity contribution is 0.0527. The monoisotopic (exact) mass is 360 g/mol. The van der Waals surface area contributed by atoms with Gasteiger partial charge in [-0.1, -0.05) is 30.3 Å². The molecule has 2 N–H and O–H groups in total. The van der Waals surface area contributed by atoms with Crippen molar-refractivity contribution in [2.24, 2.45) is 0 Å². The predicted molar refractivity (Wildman–Crippen MR) is 107 cm³/mol. The molecule has 3 aromatic carbocycles. The summed E-state index contributed by atoms with van der Waals surface area (Å²) in [5.74, 6) is -0.531. The molecule has 0 saturated heterocycles. The van der Waals surface area contributed by atoms with Crippen LogP contribution in [-0.2, 0) is 4.74 Å². The number of carbonyl (C=O) groups is 2. The summed E-state index contributed by atoms with van der Waals surface area (Å²) in [4.78, 5) is 24.2. The van der Waals surface area contributed by atoms with Crippen molar-refractivity contribution in [2.75, 3.05) is 17.2 Å². The Balaban J connectivity index is 1.70. The first-order valence-corrected chi connectivity index (χ1v) is 8.67. The first kappa shape index (κ1) is 18.2. The largest absolute Gasteiger partial charge is 0.462 e. The lowest BCUT2D eigenvalue weighted by Crippen LogP contribution is -2.11. The van der Waals surface area contributed by atoms with Gasteiger partial charge < -0.3 is 15.4 Å². The third-order valence-corrected chi connectivity index (χ3v) is 3.88. The number of hydrogen-bond donors (Lipinski definition) is 2. The van der Waals surface area contributed by atoms with Crippen LogP contribution in [0.15, 0.2) is 78.9 Å². The number of benzene rings is 3. The SMILES string of the molecule is CCOC(=O)c1ccccc1Nc1ccc(NC(=O)c2ccccc2)cc1. The van der Waals surface area contributed by atoms with E-state index in [9.17, 15) is 9.59 Å². The number of ether oxygens (including phenoxy) is 1. The van der Waals surface area contributed by atoms with Crippen LogP contribution in [-0.4, -0.2) is 18.5 Å². The van der Waals surface area contributed by atoms with E-state index < -0.39 is 0 Å². The van der Waals surface area contributed by atoms with Crippen LogP contribution in [0.2, 0.25) is 0 Å². The molecule has 0 aromatic heterocycles. The molecule has 3 aromatic rings. The summed E-state index contributed by atoms with van der Waals surface area (Å²) < 4.78 is 5.08. The van der Waals surface area contributed by atoms with Crippen molar-refractivity contribution in [1.82, 2.24) is 0 Å². The minimum Gasteiger partial charge on any atom is -0.462 e. The fourth-order valence-corrected chi connectivity index (χ4v) is 2.56. The van der Waals surface area contributed by atoms with Gasteiger partial charge in [-0.05, 0) is 55.5 Å². The standard InChI is InChI=1S/C22H20N2O3/c1-2-27-22(26)19-10-6-7-11-20(19)23-17-12-14-18(15-13-17)24-21(25)16-8-4-3-5-9-16/h3-15,23H,2H2,1H3,(H,24,25). The molecule has 0 aliphatic rings. The second kappa shape index (κ2) is 8.67. The number of anilines is 3. The van der Waals surface area contributed by atoms with Gasteiger partial charge in [0.05, 0.1) is 17.9 Å². The summed E-state index contributed by atoms with van der Waals surface area (Å²) in [5.41, 5.74) is 3.22. The molecule has 0 fully saturated rings. The number of hydrogen-bond acceptors (Lipinski definition) is 4. The van der Waals surface area contributed by atoms with Crippen LogP contribution in [0.4, 0.5) is 17.1 Å². The zero-order chi connectivity index (χ0) is 19.1. The van der Waals surface area contributed by atoms with Crippen LogP contribution < -0.4 is 10.6 Å². The van der Waals surface area contributed by atoms with E-state index >= 15 is 0 Å². The number of amides is 1. The number of carbonyl (C=O) groups excluding carboxylic acids is 2. The molecule has 5 heteroatoms. The minimum atomic E-state index is -0.368. The molecule has 5 nitrogen and oxygen atoms in total. The minimum absolute atomic E-state index is 0.163. The first-order valence-electron chi connectivity index (χ1n) is 8.67. The van der Waals surface area contributed by atoms with Crippen LogP contribution in [0.5, 0.6) is 0 Å². The van der Waals surface area contributed by atoms with Crippen molar-refractivity contribution in [1.29, 1.82) is 0 Å². The molecule has 0 aliphatic carbocycles. The van der Waals surface area contributed by atoms with E-state index in [1.165, 1.54) is 0 Å². The number of rotatable bonds is 6. The van der Waals surface area contributed by atoms with Gasteiger partial charge >= 0.3 is 5.97 Å². The van der Waals surface area contributed by atoms with Gasteiger partial charge in [-0.3, -0.25) is 4.79 Å². The Hall–Kier alpha value is -3.60. The van der Waals surface area contributed by atoms with Gasteiger partial charge in [0.25, 0.3) is 5.91 Å². The molecular weight excluding hydrogens is 340 g/mol. The van der Waals surface area contributed by atoms with E-state index in [2.05, 4.69) is 10.6 Å². The molecule has 0 radical (unpaired) electrons. The normalized spacial score (nSPS) is 10.1. The Morgan fingerprint density at radius 3 is 2.15 bits per heavy atom. The van der Waals surface area contributed by atoms with Gasteiger partial charge in [0.1, 0.15) is 0 Å². The van der Waals surface area contributed by atoms with Crippen LogP contribution in [0.3, 0.4) is 0 Å². The zero-order valence-corrected chi connectivity index (χ0v) is 14.9. The van der Waals surface area contributed by atoms with Crippen LogP contribution in [0, 0.1) is 0 Å². The highest BCUT2D eigenvalue weighted by molar-refractivity contribution is 6.04. The highest BCUT2D eigenvalue weighted by Gasteiger charge is 2.12. The van der Waals surface area contributed by atoms with Crippen LogP contribution in [0.25, 0.3) is 0 Å². The Morgan fingerprint density at radius 2 is 1.44 bits per heavy atom. The maximum atomic E-state index is 12.2. The molecular formula is C22H20N2O3. The van der Waals surface area contributed by atoms with Crippen molar-refractivity contribution in [2.45, 2.75) is 6.92 Å². The smallest absolute Gasteiger partial charge is 0.340 e. The van der Waals surface area contributed by atoms with Crippen LogP contribution >= 0.6 is 0 Å². The van der Waals surface area contributed by atoms with E-state index in [0.717, 1.165) is 5.69 Å². The number of para-hydroxylation sites is 1. The van der Waals surface area contributed by atoms with Gasteiger partial charge in [0.15, 0.2) is 0 Å². The summed E-state index contributed by atoms with van der Waals surface area (Å²) in [7, 11) is 0. The predicted octanol–water partition coefficient (Wildman–Crippen LogP) is 4.86. The number of nitrogens with one attached hydrogen (secondary N) is 2. The van der Waals surface area contributed by atoms with E-state index in [1.54, 1.807) is 43.3 Å². The second-order valence-corrected chi connectivity index (χ2v) is 5.79. The van der Waals surface area contributed by atoms with Crippen LogP contribution in [0.1, 0.15) is 27.6 Å². The zero-order valence-electron chi connectivity index (χ0n) is 14.9. The van der Waals surface area contributed by atoms with Crippen molar-refractivity contribution >= 4 is 28.9 Å². The second-order valence-electron chi connectivity index (χ2n) is 5.79. The Labute approximate surface area is 158 Å². The summed E-state index contributed by atoms with van der Waals surface area (Å²) in [6.45, 7) is 2.10. The van der Waals surface area contributed by atoms with E-state index in [0.29, 0.717) is 29.1 Å². The summed E-state index contributed by atoms with van der Waals surface area (Å²) in [6, 6.07) is 23.5. The lowest BCUT2D eigenvalue weighted by Gasteiger charge is -2.12. The molecule has 0 saturated carbocycles. The highest BCUT2D eigenvalue weighted by Crippen LogP contribution is 2.23.